The van der Waals surface area contributed by atoms with Crippen molar-refractivity contribution in [2.24, 2.45) is 0 Å². The first-order valence-corrected chi connectivity index (χ1v) is 5.87. The van der Waals surface area contributed by atoms with Gasteiger partial charge in [-0.25, -0.2) is 0 Å². The van der Waals surface area contributed by atoms with Crippen molar-refractivity contribution in [2.75, 3.05) is 11.9 Å². The second-order valence-electron chi connectivity index (χ2n) is 4.13. The molecule has 0 aliphatic carbocycles. The average molecular weight is 246 g/mol. The molecule has 5 heteroatoms. The fourth-order valence-electron chi connectivity index (χ4n) is 1.93. The van der Waals surface area contributed by atoms with Crippen LogP contribution in [0.1, 0.15) is 24.8 Å². The molecule has 1 atom stereocenters. The van der Waals surface area contributed by atoms with Crippen LogP contribution in [0, 0.1) is 0 Å². The van der Waals surface area contributed by atoms with Gasteiger partial charge in [-0.05, 0) is 18.1 Å². The first-order chi connectivity index (χ1) is 8.65. The third-order valence-corrected chi connectivity index (χ3v) is 2.81. The van der Waals surface area contributed by atoms with Crippen molar-refractivity contribution < 1.29 is 14.4 Å². The summed E-state index contributed by atoms with van der Waals surface area (Å²) >= 11 is 0. The molecular formula is C13H14N2O3. The Morgan fingerprint density at radius 1 is 1.33 bits per heavy atom. The fourth-order valence-corrected chi connectivity index (χ4v) is 1.93. The molecule has 0 radical (unpaired) electrons. The van der Waals surface area contributed by atoms with Gasteiger partial charge in [0.25, 0.3) is 5.91 Å². The van der Waals surface area contributed by atoms with E-state index in [0.29, 0.717) is 17.8 Å². The van der Waals surface area contributed by atoms with E-state index in [1.165, 1.54) is 0 Å². The molecule has 1 aliphatic rings. The Balaban J connectivity index is 2.21. The highest BCUT2D eigenvalue weighted by molar-refractivity contribution is 6.44. The quantitative estimate of drug-likeness (QED) is 0.610. The molecule has 1 aromatic carbocycles. The minimum atomic E-state index is -1.02. The zero-order valence-electron chi connectivity index (χ0n) is 10.0. The molecule has 0 saturated carbocycles. The third-order valence-electron chi connectivity index (χ3n) is 2.81. The zero-order valence-corrected chi connectivity index (χ0v) is 10.0. The molecule has 18 heavy (non-hydrogen) atoms. The number of hydrogen-bond donors (Lipinski definition) is 2. The molecular weight excluding hydrogens is 232 g/mol. The van der Waals surface area contributed by atoms with Gasteiger partial charge in [-0.1, -0.05) is 25.1 Å². The first-order valence-electron chi connectivity index (χ1n) is 5.87. The van der Waals surface area contributed by atoms with Crippen LogP contribution < -0.4 is 10.6 Å². The number of nitrogens with one attached hydrogen (secondary N) is 2. The zero-order chi connectivity index (χ0) is 13.1. The van der Waals surface area contributed by atoms with E-state index in [1.54, 1.807) is 24.3 Å². The Morgan fingerprint density at radius 3 is 2.78 bits per heavy atom. The van der Waals surface area contributed by atoms with Gasteiger partial charge >= 0.3 is 0 Å². The summed E-state index contributed by atoms with van der Waals surface area (Å²) in [5, 5.41) is 5.09. The van der Waals surface area contributed by atoms with Gasteiger partial charge in [-0.2, -0.15) is 0 Å². The van der Waals surface area contributed by atoms with E-state index >= 15 is 0 Å². The maximum Gasteiger partial charge on any atom is 0.288 e. The molecule has 0 bridgehead atoms. The Hall–Kier alpha value is -2.17. The SMILES string of the molecule is CCCNC(=O)C(=O)C1C(=O)Nc2ccccc21. The van der Waals surface area contributed by atoms with Gasteiger partial charge in [-0.3, -0.25) is 14.4 Å². The summed E-state index contributed by atoms with van der Waals surface area (Å²) in [4.78, 5) is 35.3. The lowest BCUT2D eigenvalue weighted by Gasteiger charge is -2.07. The van der Waals surface area contributed by atoms with Crippen LogP contribution in [-0.4, -0.2) is 24.1 Å². The van der Waals surface area contributed by atoms with Gasteiger partial charge in [0.1, 0.15) is 5.92 Å². The summed E-state index contributed by atoms with van der Waals surface area (Å²) in [7, 11) is 0. The summed E-state index contributed by atoms with van der Waals surface area (Å²) in [5.74, 6) is -2.86. The Kier molecular flexibility index (Phi) is 3.41. The van der Waals surface area contributed by atoms with Gasteiger partial charge in [0.15, 0.2) is 0 Å². The lowest BCUT2D eigenvalue weighted by Crippen LogP contribution is -2.37. The normalized spacial score (nSPS) is 16.9. The second kappa shape index (κ2) is 5.00. The molecule has 2 rings (SSSR count). The second-order valence-corrected chi connectivity index (χ2v) is 4.13. The Morgan fingerprint density at radius 2 is 2.06 bits per heavy atom. The minimum Gasteiger partial charge on any atom is -0.349 e. The molecule has 5 nitrogen and oxygen atoms in total. The molecule has 0 fully saturated rings. The maximum atomic E-state index is 12.0. The molecule has 2 N–H and O–H groups in total. The first kappa shape index (κ1) is 12.3. The van der Waals surface area contributed by atoms with Crippen LogP contribution in [0.5, 0.6) is 0 Å². The van der Waals surface area contributed by atoms with E-state index in [9.17, 15) is 14.4 Å². The minimum absolute atomic E-state index is 0.431. The number of carbonyl (C=O) groups excluding carboxylic acids is 3. The predicted molar refractivity (Wildman–Crippen MR) is 66.1 cm³/mol. The molecule has 0 saturated heterocycles. The van der Waals surface area contributed by atoms with Gasteiger partial charge in [0.2, 0.25) is 11.7 Å². The van der Waals surface area contributed by atoms with Crippen molar-refractivity contribution >= 4 is 23.3 Å². The molecule has 94 valence electrons. The Bertz CT molecular complexity index is 511. The molecule has 0 spiro atoms. The number of ketones is 1. The molecule has 1 unspecified atom stereocenters. The highest BCUT2D eigenvalue weighted by Crippen LogP contribution is 2.32. The van der Waals surface area contributed by atoms with Crippen LogP contribution in [0.3, 0.4) is 0 Å². The van der Waals surface area contributed by atoms with Gasteiger partial charge in [-0.15, -0.1) is 0 Å². The van der Waals surface area contributed by atoms with Crippen LogP contribution in [0.4, 0.5) is 5.69 Å². The van der Waals surface area contributed by atoms with E-state index in [2.05, 4.69) is 10.6 Å². The lowest BCUT2D eigenvalue weighted by atomic mass is 9.95. The largest absolute Gasteiger partial charge is 0.349 e. The van der Waals surface area contributed by atoms with Crippen molar-refractivity contribution in [3.05, 3.63) is 29.8 Å². The van der Waals surface area contributed by atoms with Crippen molar-refractivity contribution in [3.8, 4) is 0 Å². The van der Waals surface area contributed by atoms with E-state index < -0.39 is 23.5 Å². The van der Waals surface area contributed by atoms with Crippen molar-refractivity contribution in [3.63, 3.8) is 0 Å². The number of benzene rings is 1. The number of anilines is 1. The number of fused-ring (bicyclic) bond motifs is 1. The average Bonchev–Trinajstić information content (AvgIpc) is 2.70. The molecule has 1 heterocycles. The number of carbonyl (C=O) groups is 3. The van der Waals surface area contributed by atoms with Gasteiger partial charge in [0, 0.05) is 12.2 Å². The van der Waals surface area contributed by atoms with Crippen LogP contribution in [-0.2, 0) is 14.4 Å². The smallest absolute Gasteiger partial charge is 0.288 e. The van der Waals surface area contributed by atoms with Crippen LogP contribution in [0.15, 0.2) is 24.3 Å². The summed E-state index contributed by atoms with van der Waals surface area (Å²) in [5.41, 5.74) is 1.17. The molecule has 0 aromatic heterocycles. The highest BCUT2D eigenvalue weighted by atomic mass is 16.2. The fraction of sp³-hybridized carbons (Fsp3) is 0.308. The summed E-state index contributed by atoms with van der Waals surface area (Å²) in [6.07, 6.45) is 0.743. The van der Waals surface area contributed by atoms with Gasteiger partial charge in [0.05, 0.1) is 0 Å². The van der Waals surface area contributed by atoms with Crippen molar-refractivity contribution in [2.45, 2.75) is 19.3 Å². The number of hydrogen-bond acceptors (Lipinski definition) is 3. The molecule has 1 aliphatic heterocycles. The van der Waals surface area contributed by atoms with Crippen LogP contribution >= 0.6 is 0 Å². The molecule has 1 aromatic rings. The highest BCUT2D eigenvalue weighted by Gasteiger charge is 2.38. The van der Waals surface area contributed by atoms with Gasteiger partial charge < -0.3 is 10.6 Å². The Labute approximate surface area is 105 Å². The van der Waals surface area contributed by atoms with Crippen molar-refractivity contribution in [1.29, 1.82) is 0 Å². The number of rotatable bonds is 4. The van der Waals surface area contributed by atoms with E-state index in [-0.39, 0.29) is 0 Å². The topological polar surface area (TPSA) is 75.3 Å². The standard InChI is InChI=1S/C13H14N2O3/c1-2-7-14-13(18)11(16)10-8-5-3-4-6-9(8)15-12(10)17/h3-6,10H,2,7H2,1H3,(H,14,18)(H,15,17). The maximum absolute atomic E-state index is 12.0. The number of para-hydroxylation sites is 1. The number of Topliss-reactive ketones (excluding diaryl/α,β-unsaturated/α-hetero) is 1. The van der Waals surface area contributed by atoms with E-state index in [0.717, 1.165) is 6.42 Å². The van der Waals surface area contributed by atoms with Crippen LogP contribution in [0.2, 0.25) is 0 Å². The third kappa shape index (κ3) is 2.11. The summed E-state index contributed by atoms with van der Waals surface area (Å²) < 4.78 is 0. The number of amides is 2. The monoisotopic (exact) mass is 246 g/mol. The van der Waals surface area contributed by atoms with Crippen LogP contribution in [0.25, 0.3) is 0 Å². The van der Waals surface area contributed by atoms with Crippen molar-refractivity contribution in [1.82, 2.24) is 5.32 Å². The van der Waals surface area contributed by atoms with E-state index in [1.807, 2.05) is 6.92 Å². The predicted octanol–water partition coefficient (Wildman–Crippen LogP) is 0.818. The lowest BCUT2D eigenvalue weighted by molar-refractivity contribution is -0.140. The van der Waals surface area contributed by atoms with E-state index in [4.69, 9.17) is 0 Å². The summed E-state index contributed by atoms with van der Waals surface area (Å²) in [6.45, 7) is 2.32. The summed E-state index contributed by atoms with van der Waals surface area (Å²) in [6, 6.07) is 6.90. The molecule has 2 amide bonds.